The Balaban J connectivity index is 2.14. The second kappa shape index (κ2) is 6.19. The van der Waals surface area contributed by atoms with Crippen molar-refractivity contribution in [1.82, 2.24) is 0 Å². The van der Waals surface area contributed by atoms with Crippen LogP contribution in [0, 0.1) is 5.92 Å². The van der Waals surface area contributed by atoms with Crippen LogP contribution in [0.2, 0.25) is 0 Å². The van der Waals surface area contributed by atoms with Crippen LogP contribution in [0.5, 0.6) is 0 Å². The zero-order chi connectivity index (χ0) is 15.6. The van der Waals surface area contributed by atoms with Crippen molar-refractivity contribution in [3.63, 3.8) is 0 Å². The lowest BCUT2D eigenvalue weighted by Crippen LogP contribution is -2.22. The number of benzene rings is 1. The highest BCUT2D eigenvalue weighted by atomic mass is 32.1. The molecule has 0 aromatic heterocycles. The monoisotopic (exact) mass is 318 g/mol. The average Bonchev–Trinajstić information content (AvgIpc) is 2.80. The third-order valence-electron chi connectivity index (χ3n) is 3.69. The maximum Gasteiger partial charge on any atom is 0.417 e. The van der Waals surface area contributed by atoms with Gasteiger partial charge in [0.1, 0.15) is 4.99 Å². The Bertz CT molecular complexity index is 533. The predicted octanol–water partition coefficient (Wildman–Crippen LogP) is 3.18. The molecule has 0 spiro atoms. The molecule has 1 aliphatic rings. The van der Waals surface area contributed by atoms with Gasteiger partial charge in [0.25, 0.3) is 0 Å². The first-order valence-electron chi connectivity index (χ1n) is 6.65. The van der Waals surface area contributed by atoms with E-state index in [2.05, 4.69) is 5.32 Å². The Hall–Kier alpha value is -1.34. The van der Waals surface area contributed by atoms with Crippen LogP contribution in [0.25, 0.3) is 0 Å². The van der Waals surface area contributed by atoms with Crippen LogP contribution in [0.4, 0.5) is 18.9 Å². The van der Waals surface area contributed by atoms with E-state index < -0.39 is 11.7 Å². The number of anilines is 1. The number of rotatable bonds is 4. The van der Waals surface area contributed by atoms with E-state index in [4.69, 9.17) is 22.7 Å². The number of nitrogens with one attached hydrogen (secondary N) is 1. The highest BCUT2D eigenvalue weighted by Gasteiger charge is 2.34. The van der Waals surface area contributed by atoms with Gasteiger partial charge >= 0.3 is 6.18 Å². The summed E-state index contributed by atoms with van der Waals surface area (Å²) in [6.07, 6.45) is -3.37. The van der Waals surface area contributed by atoms with Crippen molar-refractivity contribution in [2.45, 2.75) is 25.6 Å². The summed E-state index contributed by atoms with van der Waals surface area (Å²) in [6.45, 7) is 3.36. The van der Waals surface area contributed by atoms with Crippen LogP contribution in [-0.4, -0.2) is 24.2 Å². The first-order chi connectivity index (χ1) is 9.79. The molecule has 2 rings (SSSR count). The van der Waals surface area contributed by atoms with Gasteiger partial charge in [-0.3, -0.25) is 0 Å². The molecule has 1 fully saturated rings. The fourth-order valence-corrected chi connectivity index (χ4v) is 2.57. The fraction of sp³-hybridized carbons (Fsp3) is 0.500. The number of thiocarbonyl (C=S) groups is 1. The van der Waals surface area contributed by atoms with Crippen molar-refractivity contribution in [3.05, 3.63) is 29.3 Å². The summed E-state index contributed by atoms with van der Waals surface area (Å²) < 4.78 is 44.1. The van der Waals surface area contributed by atoms with E-state index in [0.717, 1.165) is 19.1 Å². The third-order valence-corrected chi connectivity index (χ3v) is 3.91. The Labute approximate surface area is 126 Å². The Morgan fingerprint density at radius 2 is 2.19 bits per heavy atom. The molecule has 0 radical (unpaired) electrons. The maximum atomic E-state index is 12.9. The second-order valence-electron chi connectivity index (χ2n) is 5.13. The second-order valence-corrected chi connectivity index (χ2v) is 5.57. The van der Waals surface area contributed by atoms with Crippen LogP contribution in [-0.2, 0) is 10.9 Å². The number of ether oxygens (including phenoxy) is 1. The molecule has 2 unspecified atom stereocenters. The molecule has 0 aliphatic carbocycles. The molecule has 1 heterocycles. The van der Waals surface area contributed by atoms with E-state index in [0.29, 0.717) is 18.2 Å². The molecule has 0 bridgehead atoms. The summed E-state index contributed by atoms with van der Waals surface area (Å²) in [5.41, 5.74) is 5.02. The maximum absolute atomic E-state index is 12.9. The molecule has 116 valence electrons. The van der Waals surface area contributed by atoms with Crippen LogP contribution >= 0.6 is 12.2 Å². The van der Waals surface area contributed by atoms with Crippen molar-refractivity contribution in [1.29, 1.82) is 0 Å². The molecule has 1 aromatic rings. The highest BCUT2D eigenvalue weighted by Crippen LogP contribution is 2.33. The summed E-state index contributed by atoms with van der Waals surface area (Å²) in [5.74, 6) is 0.348. The summed E-state index contributed by atoms with van der Waals surface area (Å²) >= 11 is 4.72. The summed E-state index contributed by atoms with van der Waals surface area (Å²) in [4.78, 5) is -0.261. The quantitative estimate of drug-likeness (QED) is 0.837. The molecule has 3 N–H and O–H groups in total. The van der Waals surface area contributed by atoms with Gasteiger partial charge in [-0.25, -0.2) is 0 Å². The van der Waals surface area contributed by atoms with Crippen LogP contribution in [0.3, 0.4) is 0 Å². The minimum atomic E-state index is -4.47. The van der Waals surface area contributed by atoms with Gasteiger partial charge < -0.3 is 15.8 Å². The van der Waals surface area contributed by atoms with Crippen LogP contribution in [0.15, 0.2) is 18.2 Å². The van der Waals surface area contributed by atoms with Gasteiger partial charge in [0.15, 0.2) is 0 Å². The lowest BCUT2D eigenvalue weighted by molar-refractivity contribution is -0.137. The molecule has 1 aliphatic heterocycles. The lowest BCUT2D eigenvalue weighted by Gasteiger charge is -2.17. The molecule has 3 nitrogen and oxygen atoms in total. The van der Waals surface area contributed by atoms with E-state index in [-0.39, 0.29) is 16.7 Å². The number of hydrogen-bond acceptors (Lipinski definition) is 3. The normalized spacial score (nSPS) is 22.3. The molecule has 7 heteroatoms. The van der Waals surface area contributed by atoms with Gasteiger partial charge in [-0.2, -0.15) is 13.2 Å². The number of hydrogen-bond donors (Lipinski definition) is 2. The van der Waals surface area contributed by atoms with E-state index in [9.17, 15) is 13.2 Å². The molecular weight excluding hydrogens is 301 g/mol. The average molecular weight is 318 g/mol. The molecule has 1 saturated heterocycles. The van der Waals surface area contributed by atoms with Crippen molar-refractivity contribution >= 4 is 22.9 Å². The van der Waals surface area contributed by atoms with Crippen molar-refractivity contribution in [2.24, 2.45) is 11.7 Å². The minimum absolute atomic E-state index is 0.154. The zero-order valence-electron chi connectivity index (χ0n) is 11.5. The fourth-order valence-electron chi connectivity index (χ4n) is 2.40. The Kier molecular flexibility index (Phi) is 4.73. The first-order valence-corrected chi connectivity index (χ1v) is 7.06. The number of nitrogens with two attached hydrogens (primary N) is 1. The van der Waals surface area contributed by atoms with E-state index in [1.165, 1.54) is 12.1 Å². The molecular formula is C14H17F3N2OS. The largest absolute Gasteiger partial charge is 0.417 e. The summed E-state index contributed by atoms with van der Waals surface area (Å²) in [7, 11) is 0. The van der Waals surface area contributed by atoms with Crippen molar-refractivity contribution < 1.29 is 17.9 Å². The SMILES string of the molecule is CC1OCCC1CNc1ccc(C(F)(F)F)c(C(N)=S)c1. The van der Waals surface area contributed by atoms with Gasteiger partial charge in [-0.05, 0) is 31.5 Å². The smallest absolute Gasteiger partial charge is 0.389 e. The van der Waals surface area contributed by atoms with E-state index in [1.54, 1.807) is 0 Å². The predicted molar refractivity (Wildman–Crippen MR) is 79.3 cm³/mol. The van der Waals surface area contributed by atoms with E-state index in [1.807, 2.05) is 6.92 Å². The standard InChI is InChI=1S/C14H17F3N2OS/c1-8-9(4-5-20-8)7-19-10-2-3-12(14(15,16)17)11(6-10)13(18)21/h2-3,6,8-9,19H,4-5,7H2,1H3,(H2,18,21). The van der Waals surface area contributed by atoms with Crippen molar-refractivity contribution in [3.8, 4) is 0 Å². The summed E-state index contributed by atoms with van der Waals surface area (Å²) in [5, 5.41) is 3.13. The highest BCUT2D eigenvalue weighted by molar-refractivity contribution is 7.80. The van der Waals surface area contributed by atoms with Gasteiger partial charge in [-0.1, -0.05) is 12.2 Å². The molecule has 0 amide bonds. The molecule has 1 aromatic carbocycles. The van der Waals surface area contributed by atoms with E-state index >= 15 is 0 Å². The van der Waals surface area contributed by atoms with Gasteiger partial charge in [0, 0.05) is 30.3 Å². The van der Waals surface area contributed by atoms with Gasteiger partial charge in [0.2, 0.25) is 0 Å². The van der Waals surface area contributed by atoms with Gasteiger partial charge in [0.05, 0.1) is 11.7 Å². The Morgan fingerprint density at radius 1 is 1.48 bits per heavy atom. The topological polar surface area (TPSA) is 47.3 Å². The number of halogens is 3. The third kappa shape index (κ3) is 3.85. The van der Waals surface area contributed by atoms with Crippen LogP contribution < -0.4 is 11.1 Å². The lowest BCUT2D eigenvalue weighted by atomic mass is 10.0. The zero-order valence-corrected chi connectivity index (χ0v) is 12.4. The number of alkyl halides is 3. The Morgan fingerprint density at radius 3 is 2.71 bits per heavy atom. The van der Waals surface area contributed by atoms with Crippen molar-refractivity contribution in [2.75, 3.05) is 18.5 Å². The molecule has 0 saturated carbocycles. The van der Waals surface area contributed by atoms with Gasteiger partial charge in [-0.15, -0.1) is 0 Å². The van der Waals surface area contributed by atoms with Crippen LogP contribution in [0.1, 0.15) is 24.5 Å². The first kappa shape index (κ1) is 16.0. The summed E-state index contributed by atoms with van der Waals surface area (Å²) in [6, 6.07) is 3.75. The molecule has 21 heavy (non-hydrogen) atoms. The minimum Gasteiger partial charge on any atom is -0.389 e. The molecule has 2 atom stereocenters.